The lowest BCUT2D eigenvalue weighted by atomic mass is 10.1. The van der Waals surface area contributed by atoms with Crippen LogP contribution in [0.4, 0.5) is 0 Å². The summed E-state index contributed by atoms with van der Waals surface area (Å²) in [6.07, 6.45) is 1.91. The van der Waals surface area contributed by atoms with Crippen molar-refractivity contribution >= 4 is 47.3 Å². The lowest BCUT2D eigenvalue weighted by Gasteiger charge is -2.24. The molecule has 0 saturated carbocycles. The predicted molar refractivity (Wildman–Crippen MR) is 118 cm³/mol. The molecule has 0 aromatic rings. The highest BCUT2D eigenvalue weighted by Crippen LogP contribution is 2.08. The summed E-state index contributed by atoms with van der Waals surface area (Å²) >= 11 is 1.38. The Morgan fingerprint density at radius 2 is 1.64 bits per heavy atom. The number of thioether (sulfide) groups is 1. The fourth-order valence-corrected chi connectivity index (χ4v) is 3.64. The van der Waals surface area contributed by atoms with Crippen LogP contribution in [-0.2, 0) is 28.8 Å². The van der Waals surface area contributed by atoms with E-state index in [0.29, 0.717) is 18.7 Å². The third-order valence-electron chi connectivity index (χ3n) is 4.92. The van der Waals surface area contributed by atoms with Gasteiger partial charge in [0.1, 0.15) is 18.1 Å². The molecule has 0 aliphatic carbocycles. The Balaban J connectivity index is 2.93. The Morgan fingerprint density at radius 3 is 2.15 bits per heavy atom. The van der Waals surface area contributed by atoms with Crippen molar-refractivity contribution in [3.05, 3.63) is 0 Å². The van der Waals surface area contributed by atoms with Crippen molar-refractivity contribution in [2.45, 2.75) is 62.7 Å². The van der Waals surface area contributed by atoms with Crippen LogP contribution in [0.15, 0.2) is 0 Å². The van der Waals surface area contributed by atoms with Gasteiger partial charge in [-0.2, -0.15) is 11.8 Å². The Hall–Kier alpha value is -2.87. The second kappa shape index (κ2) is 14.3. The van der Waals surface area contributed by atoms with Crippen molar-refractivity contribution in [2.75, 3.05) is 18.6 Å². The highest BCUT2D eigenvalue weighted by atomic mass is 32.2. The topological polar surface area (TPSA) is 217 Å². The first kappa shape index (κ1) is 28.2. The molecule has 0 radical (unpaired) electrons. The van der Waals surface area contributed by atoms with Crippen LogP contribution in [-0.4, -0.2) is 88.5 Å². The standard InChI is InChI=1S/C19H31N5O8S/c1-33-8-6-12(19(31)32)23-18(30)13(9-14(20)25)24-17(29)11(4-5-15(26)27)22-16(28)10-3-2-7-21-10/h10-13,21H,2-9H2,1H3,(H2,20,25)(H,22,28)(H,23,30)(H,24,29)(H,26,27)(H,31,32). The van der Waals surface area contributed by atoms with Gasteiger partial charge in [-0.3, -0.25) is 24.0 Å². The zero-order valence-corrected chi connectivity index (χ0v) is 19.1. The second-order valence-corrected chi connectivity index (χ2v) is 8.54. The van der Waals surface area contributed by atoms with Crippen molar-refractivity contribution in [3.8, 4) is 0 Å². The Morgan fingerprint density at radius 1 is 1.00 bits per heavy atom. The summed E-state index contributed by atoms with van der Waals surface area (Å²) in [5.74, 6) is -5.26. The van der Waals surface area contributed by atoms with Gasteiger partial charge in [0.15, 0.2) is 0 Å². The van der Waals surface area contributed by atoms with E-state index in [-0.39, 0.29) is 12.8 Å². The normalized spacial score (nSPS) is 17.9. The van der Waals surface area contributed by atoms with Crippen molar-refractivity contribution in [1.29, 1.82) is 0 Å². The van der Waals surface area contributed by atoms with Crippen LogP contribution in [0.5, 0.6) is 0 Å². The number of nitrogens with one attached hydrogen (secondary N) is 4. The molecular weight excluding hydrogens is 458 g/mol. The van der Waals surface area contributed by atoms with E-state index >= 15 is 0 Å². The van der Waals surface area contributed by atoms with Gasteiger partial charge in [0.25, 0.3) is 0 Å². The molecule has 33 heavy (non-hydrogen) atoms. The van der Waals surface area contributed by atoms with E-state index < -0.39 is 72.6 Å². The molecule has 4 unspecified atom stereocenters. The van der Waals surface area contributed by atoms with Crippen molar-refractivity contribution in [3.63, 3.8) is 0 Å². The van der Waals surface area contributed by atoms with E-state index in [9.17, 15) is 33.9 Å². The highest BCUT2D eigenvalue weighted by molar-refractivity contribution is 7.98. The Bertz CT molecular complexity index is 744. The largest absolute Gasteiger partial charge is 0.481 e. The third kappa shape index (κ3) is 10.5. The van der Waals surface area contributed by atoms with Gasteiger partial charge in [-0.15, -0.1) is 0 Å². The number of carboxylic acids is 2. The lowest BCUT2D eigenvalue weighted by molar-refractivity contribution is -0.142. The van der Waals surface area contributed by atoms with Crippen molar-refractivity contribution in [2.24, 2.45) is 5.73 Å². The third-order valence-corrected chi connectivity index (χ3v) is 5.56. The molecule has 4 amide bonds. The van der Waals surface area contributed by atoms with E-state index in [1.54, 1.807) is 6.26 Å². The molecule has 1 heterocycles. The van der Waals surface area contributed by atoms with E-state index in [0.717, 1.165) is 6.42 Å². The molecular formula is C19H31N5O8S. The number of primary amides is 1. The SMILES string of the molecule is CSCCC(NC(=O)C(CC(N)=O)NC(=O)C(CCC(=O)O)NC(=O)C1CCCN1)C(=O)O. The Kier molecular flexibility index (Phi) is 12.2. The lowest BCUT2D eigenvalue weighted by Crippen LogP contribution is -2.57. The van der Waals surface area contributed by atoms with Crippen molar-refractivity contribution in [1.82, 2.24) is 21.3 Å². The molecule has 0 aromatic heterocycles. The molecule has 14 heteroatoms. The number of carbonyl (C=O) groups is 6. The van der Waals surface area contributed by atoms with E-state index in [2.05, 4.69) is 21.3 Å². The van der Waals surface area contributed by atoms with Crippen LogP contribution >= 0.6 is 11.8 Å². The van der Waals surface area contributed by atoms with Crippen LogP contribution in [0.3, 0.4) is 0 Å². The number of amides is 4. The minimum atomic E-state index is -1.50. The highest BCUT2D eigenvalue weighted by Gasteiger charge is 2.32. The summed E-state index contributed by atoms with van der Waals surface area (Å²) in [5, 5.41) is 28.3. The number of rotatable bonds is 15. The fourth-order valence-electron chi connectivity index (χ4n) is 3.17. The molecule has 0 spiro atoms. The number of hydrogen-bond donors (Lipinski definition) is 7. The summed E-state index contributed by atoms with van der Waals surface area (Å²) in [5.41, 5.74) is 5.17. The molecule has 8 N–H and O–H groups in total. The van der Waals surface area contributed by atoms with Crippen LogP contribution in [0.25, 0.3) is 0 Å². The van der Waals surface area contributed by atoms with Gasteiger partial charge in [-0.05, 0) is 44.2 Å². The first-order valence-corrected chi connectivity index (χ1v) is 11.8. The van der Waals surface area contributed by atoms with E-state index in [1.165, 1.54) is 11.8 Å². The molecule has 13 nitrogen and oxygen atoms in total. The number of aliphatic carboxylic acids is 2. The van der Waals surface area contributed by atoms with Crippen molar-refractivity contribution < 1.29 is 39.0 Å². The molecule has 1 rings (SSSR count). The van der Waals surface area contributed by atoms with Crippen LogP contribution < -0.4 is 27.0 Å². The molecule has 1 saturated heterocycles. The Labute approximate surface area is 195 Å². The maximum absolute atomic E-state index is 12.8. The average Bonchev–Trinajstić information content (AvgIpc) is 3.27. The van der Waals surface area contributed by atoms with Gasteiger partial charge < -0.3 is 37.2 Å². The molecule has 0 aromatic carbocycles. The summed E-state index contributed by atoms with van der Waals surface area (Å²) < 4.78 is 0. The molecule has 186 valence electrons. The molecule has 4 atom stereocenters. The van der Waals surface area contributed by atoms with E-state index in [4.69, 9.17) is 10.8 Å². The minimum Gasteiger partial charge on any atom is -0.481 e. The zero-order chi connectivity index (χ0) is 25.0. The maximum Gasteiger partial charge on any atom is 0.326 e. The van der Waals surface area contributed by atoms with Gasteiger partial charge in [0, 0.05) is 6.42 Å². The molecule has 1 aliphatic rings. The van der Waals surface area contributed by atoms with Gasteiger partial charge in [-0.1, -0.05) is 0 Å². The van der Waals surface area contributed by atoms with Crippen LogP contribution in [0.2, 0.25) is 0 Å². The summed E-state index contributed by atoms with van der Waals surface area (Å²) in [7, 11) is 0. The number of carbonyl (C=O) groups excluding carboxylic acids is 4. The number of carboxylic acid groups (broad SMARTS) is 2. The quantitative estimate of drug-likeness (QED) is 0.131. The van der Waals surface area contributed by atoms with Gasteiger partial charge in [-0.25, -0.2) is 4.79 Å². The fraction of sp³-hybridized carbons (Fsp3) is 0.684. The minimum absolute atomic E-state index is 0.116. The number of nitrogens with two attached hydrogens (primary N) is 1. The summed E-state index contributed by atoms with van der Waals surface area (Å²) in [6, 6.07) is -4.55. The summed E-state index contributed by atoms with van der Waals surface area (Å²) in [4.78, 5) is 71.6. The van der Waals surface area contributed by atoms with Crippen LogP contribution in [0, 0.1) is 0 Å². The molecule has 0 bridgehead atoms. The maximum atomic E-state index is 12.8. The van der Waals surface area contributed by atoms with Crippen LogP contribution in [0.1, 0.15) is 38.5 Å². The van der Waals surface area contributed by atoms with Gasteiger partial charge in [0.05, 0.1) is 12.5 Å². The first-order chi connectivity index (χ1) is 15.5. The first-order valence-electron chi connectivity index (χ1n) is 10.4. The number of hydrogen-bond acceptors (Lipinski definition) is 8. The van der Waals surface area contributed by atoms with Gasteiger partial charge in [0.2, 0.25) is 23.6 Å². The predicted octanol–water partition coefficient (Wildman–Crippen LogP) is -2.23. The molecule has 1 aliphatic heterocycles. The second-order valence-electron chi connectivity index (χ2n) is 7.56. The van der Waals surface area contributed by atoms with Gasteiger partial charge >= 0.3 is 11.9 Å². The summed E-state index contributed by atoms with van der Waals surface area (Å²) in [6.45, 7) is 0.631. The zero-order valence-electron chi connectivity index (χ0n) is 18.3. The van der Waals surface area contributed by atoms with E-state index in [1.807, 2.05) is 0 Å². The monoisotopic (exact) mass is 489 g/mol. The smallest absolute Gasteiger partial charge is 0.326 e. The molecule has 1 fully saturated rings. The average molecular weight is 490 g/mol.